The minimum absolute atomic E-state index is 0.0124. The molecular weight excluding hydrogens is 491 g/mol. The van der Waals surface area contributed by atoms with E-state index < -0.39 is 39.2 Å². The minimum Gasteiger partial charge on any atom is -0.461 e. The van der Waals surface area contributed by atoms with Crippen molar-refractivity contribution in [2.45, 2.75) is 25.6 Å². The number of rotatable bonds is 8. The van der Waals surface area contributed by atoms with Crippen LogP contribution in [-0.2, 0) is 20.3 Å². The van der Waals surface area contributed by atoms with Crippen molar-refractivity contribution < 1.29 is 31.6 Å². The quantitative estimate of drug-likeness (QED) is 0.279. The van der Waals surface area contributed by atoms with E-state index >= 15 is 0 Å². The van der Waals surface area contributed by atoms with Crippen LogP contribution in [0.5, 0.6) is 0 Å². The number of aromatic amines is 1. The Kier molecular flexibility index (Phi) is 6.68. The highest BCUT2D eigenvalue weighted by molar-refractivity contribution is 7.89. The number of aromatic nitrogens is 2. The van der Waals surface area contributed by atoms with Gasteiger partial charge >= 0.3 is 11.7 Å². The van der Waals surface area contributed by atoms with Crippen molar-refractivity contribution in [1.82, 2.24) is 9.55 Å². The van der Waals surface area contributed by atoms with Crippen molar-refractivity contribution in [3.05, 3.63) is 81.5 Å². The number of para-hydroxylation sites is 1. The molecule has 9 nitrogen and oxygen atoms in total. The molecule has 1 N–H and O–H groups in total. The average Bonchev–Trinajstić information content (AvgIpc) is 3.39. The zero-order valence-corrected chi connectivity index (χ0v) is 20.5. The van der Waals surface area contributed by atoms with E-state index in [0.717, 1.165) is 6.26 Å². The number of H-pyrrole nitrogens is 1. The molecule has 2 aromatic heterocycles. The molecule has 36 heavy (non-hydrogen) atoms. The fourth-order valence-corrected chi connectivity index (χ4v) is 4.99. The van der Waals surface area contributed by atoms with Crippen LogP contribution in [0.3, 0.4) is 0 Å². The molecule has 0 radical (unpaired) electrons. The molecule has 0 saturated carbocycles. The predicted octanol–water partition coefficient (Wildman–Crippen LogP) is 3.87. The van der Waals surface area contributed by atoms with Crippen LogP contribution in [0.4, 0.5) is 4.39 Å². The summed E-state index contributed by atoms with van der Waals surface area (Å²) in [4.78, 5) is 39.2. The number of hydrogen-bond donors (Lipinski definition) is 1. The van der Waals surface area contributed by atoms with Gasteiger partial charge in [0.1, 0.15) is 11.5 Å². The Morgan fingerprint density at radius 1 is 1.28 bits per heavy atom. The number of fused-ring (bicyclic) bond motifs is 1. The van der Waals surface area contributed by atoms with Crippen LogP contribution in [0.2, 0.25) is 0 Å². The number of carbonyl (C=O) groups excluding carboxylic acids is 2. The zero-order valence-electron chi connectivity index (χ0n) is 19.7. The number of nitrogens with one attached hydrogen (secondary N) is 1. The summed E-state index contributed by atoms with van der Waals surface area (Å²) in [6.07, 6.45) is 2.74. The summed E-state index contributed by atoms with van der Waals surface area (Å²) < 4.78 is 49.5. The Bertz CT molecular complexity index is 1650. The molecule has 1 unspecified atom stereocenters. The average molecular weight is 515 g/mol. The molecule has 0 fully saturated rings. The lowest BCUT2D eigenvalue weighted by Gasteiger charge is -2.13. The predicted molar refractivity (Wildman–Crippen MR) is 130 cm³/mol. The lowest BCUT2D eigenvalue weighted by atomic mass is 9.98. The van der Waals surface area contributed by atoms with Crippen LogP contribution in [0.25, 0.3) is 22.0 Å². The van der Waals surface area contributed by atoms with Gasteiger partial charge in [-0.1, -0.05) is 30.3 Å². The molecule has 11 heteroatoms. The van der Waals surface area contributed by atoms with E-state index in [0.29, 0.717) is 33.9 Å². The molecule has 188 valence electrons. The number of hydrogen-bond acceptors (Lipinski definition) is 7. The van der Waals surface area contributed by atoms with E-state index in [2.05, 4.69) is 4.98 Å². The second kappa shape index (κ2) is 9.57. The van der Waals surface area contributed by atoms with Gasteiger partial charge in [-0.15, -0.1) is 0 Å². The van der Waals surface area contributed by atoms with Crippen molar-refractivity contribution in [3.63, 3.8) is 0 Å². The van der Waals surface area contributed by atoms with Crippen LogP contribution < -0.4 is 5.76 Å². The van der Waals surface area contributed by atoms with E-state index in [1.807, 2.05) is 0 Å². The van der Waals surface area contributed by atoms with Gasteiger partial charge in [0.2, 0.25) is 0 Å². The first kappa shape index (κ1) is 25.1. The Labute approximate surface area is 205 Å². The highest BCUT2D eigenvalue weighted by Crippen LogP contribution is 2.37. The van der Waals surface area contributed by atoms with Gasteiger partial charge in [0.25, 0.3) is 0 Å². The maximum atomic E-state index is 14.9. The SMILES string of the molecule is CCOC(=O)c1[nH]c2c(C(C)n3cc(C=O)oc3=O)cccc2c1-c1ccc(CS(C)(=O)=O)c(F)c1. The fraction of sp³-hybridized carbons (Fsp3) is 0.240. The first-order valence-corrected chi connectivity index (χ1v) is 13.1. The van der Waals surface area contributed by atoms with Gasteiger partial charge in [0, 0.05) is 22.8 Å². The van der Waals surface area contributed by atoms with Gasteiger partial charge in [-0.05, 0) is 31.0 Å². The summed E-state index contributed by atoms with van der Waals surface area (Å²) in [5.41, 5.74) is 1.92. The van der Waals surface area contributed by atoms with E-state index in [9.17, 15) is 27.2 Å². The smallest absolute Gasteiger partial charge is 0.420 e. The van der Waals surface area contributed by atoms with Crippen molar-refractivity contribution in [2.75, 3.05) is 12.9 Å². The van der Waals surface area contributed by atoms with E-state index in [1.54, 1.807) is 38.1 Å². The van der Waals surface area contributed by atoms with Gasteiger partial charge in [0.15, 0.2) is 21.9 Å². The second-order valence-electron chi connectivity index (χ2n) is 8.34. The molecule has 4 aromatic rings. The topological polar surface area (TPSA) is 128 Å². The molecule has 2 aromatic carbocycles. The first-order valence-electron chi connectivity index (χ1n) is 11.0. The normalized spacial score (nSPS) is 12.6. The number of nitrogens with zero attached hydrogens (tertiary/aromatic N) is 1. The molecule has 1 atom stereocenters. The van der Waals surface area contributed by atoms with Crippen molar-refractivity contribution in [3.8, 4) is 11.1 Å². The van der Waals surface area contributed by atoms with Gasteiger partial charge in [0.05, 0.1) is 30.1 Å². The number of esters is 1. The van der Waals surface area contributed by atoms with Crippen LogP contribution in [0.15, 0.2) is 51.8 Å². The Hall–Kier alpha value is -3.99. The Morgan fingerprint density at radius 3 is 2.64 bits per heavy atom. The van der Waals surface area contributed by atoms with Gasteiger partial charge in [-0.25, -0.2) is 22.4 Å². The van der Waals surface area contributed by atoms with Crippen molar-refractivity contribution in [2.24, 2.45) is 0 Å². The molecule has 0 amide bonds. The highest BCUT2D eigenvalue weighted by Gasteiger charge is 2.25. The monoisotopic (exact) mass is 514 g/mol. The third-order valence-electron chi connectivity index (χ3n) is 5.77. The van der Waals surface area contributed by atoms with Crippen LogP contribution in [0, 0.1) is 5.82 Å². The highest BCUT2D eigenvalue weighted by atomic mass is 32.2. The summed E-state index contributed by atoms with van der Waals surface area (Å²) >= 11 is 0. The van der Waals surface area contributed by atoms with E-state index in [-0.39, 0.29) is 23.6 Å². The summed E-state index contributed by atoms with van der Waals surface area (Å²) in [6.45, 7) is 3.49. The summed E-state index contributed by atoms with van der Waals surface area (Å²) in [5.74, 6) is -2.68. The van der Waals surface area contributed by atoms with Gasteiger partial charge in [-0.3, -0.25) is 9.36 Å². The van der Waals surface area contributed by atoms with Gasteiger partial charge in [-0.2, -0.15) is 0 Å². The molecule has 0 aliphatic heterocycles. The van der Waals surface area contributed by atoms with Crippen molar-refractivity contribution >= 4 is 33.0 Å². The molecule has 4 rings (SSSR count). The second-order valence-corrected chi connectivity index (χ2v) is 10.5. The zero-order chi connectivity index (χ0) is 26.2. The number of oxazole rings is 1. The summed E-state index contributed by atoms with van der Waals surface area (Å²) in [7, 11) is -3.45. The molecule has 0 spiro atoms. The molecule has 0 saturated heterocycles. The van der Waals surface area contributed by atoms with Crippen LogP contribution in [0.1, 0.15) is 52.1 Å². The number of ether oxygens (including phenoxy) is 1. The number of aldehydes is 1. The Morgan fingerprint density at radius 2 is 2.03 bits per heavy atom. The van der Waals surface area contributed by atoms with Crippen LogP contribution >= 0.6 is 0 Å². The molecule has 2 heterocycles. The number of sulfone groups is 1. The number of benzene rings is 2. The third kappa shape index (κ3) is 4.74. The maximum Gasteiger partial charge on any atom is 0.420 e. The third-order valence-corrected chi connectivity index (χ3v) is 6.61. The number of carbonyl (C=O) groups is 2. The molecule has 0 bridgehead atoms. The minimum atomic E-state index is -3.45. The fourth-order valence-electron chi connectivity index (χ4n) is 4.19. The molecule has 0 aliphatic carbocycles. The summed E-state index contributed by atoms with van der Waals surface area (Å²) in [5, 5.41) is 0.560. The van der Waals surface area contributed by atoms with Crippen molar-refractivity contribution in [1.29, 1.82) is 0 Å². The first-order chi connectivity index (χ1) is 17.0. The number of halogens is 1. The van der Waals surface area contributed by atoms with Crippen LogP contribution in [-0.4, -0.2) is 43.1 Å². The van der Waals surface area contributed by atoms with Gasteiger partial charge < -0.3 is 14.1 Å². The molecule has 0 aliphatic rings. The molecular formula is C25H23FN2O7S. The van der Waals surface area contributed by atoms with E-state index in [1.165, 1.54) is 22.9 Å². The summed E-state index contributed by atoms with van der Waals surface area (Å²) in [6, 6.07) is 8.71. The Balaban J connectivity index is 1.93. The lowest BCUT2D eigenvalue weighted by molar-refractivity contribution is 0.0521. The maximum absolute atomic E-state index is 14.9. The standard InChI is InChI=1S/C25H23FN2O7S/c1-4-34-24(30)23-21(15-8-9-16(20(26)10-15)13-36(3,32)33)19-7-5-6-18(22(19)27-23)14(2)28-11-17(12-29)35-25(28)31/h5-12,14,27H,4,13H2,1-3H3. The lowest BCUT2D eigenvalue weighted by Crippen LogP contribution is -2.18. The van der Waals surface area contributed by atoms with E-state index in [4.69, 9.17) is 9.15 Å². The largest absolute Gasteiger partial charge is 0.461 e.